The van der Waals surface area contributed by atoms with Gasteiger partial charge in [0.2, 0.25) is 0 Å². The summed E-state index contributed by atoms with van der Waals surface area (Å²) in [4.78, 5) is 34.1. The average Bonchev–Trinajstić information content (AvgIpc) is 2.75. The lowest BCUT2D eigenvalue weighted by atomic mass is 10.3. The first-order chi connectivity index (χ1) is 8.09. The number of carboxylic acid groups (broad SMARTS) is 1. The van der Waals surface area contributed by atoms with Gasteiger partial charge in [0.1, 0.15) is 15.6 Å². The van der Waals surface area contributed by atoms with Crippen LogP contribution in [0.1, 0.15) is 27.1 Å². The standard InChI is InChI=1S/C10H7N3O3S/c1-5(14)8-7(10(15)16)13-9(17-8)6-4-11-2-3-12-6/h2-4H,1H3,(H,15,16). The Kier molecular flexibility index (Phi) is 2.92. The predicted octanol–water partition coefficient (Wildman–Crippen LogP) is 1.50. The molecule has 2 rings (SSSR count). The molecule has 2 aromatic rings. The summed E-state index contributed by atoms with van der Waals surface area (Å²) >= 11 is 1.01. The van der Waals surface area contributed by atoms with Gasteiger partial charge in [-0.2, -0.15) is 0 Å². The van der Waals surface area contributed by atoms with E-state index in [1.165, 1.54) is 25.5 Å². The van der Waals surface area contributed by atoms with Crippen LogP contribution in [0.25, 0.3) is 10.7 Å². The van der Waals surface area contributed by atoms with Crippen molar-refractivity contribution in [3.63, 3.8) is 0 Å². The molecule has 0 unspecified atom stereocenters. The van der Waals surface area contributed by atoms with E-state index >= 15 is 0 Å². The van der Waals surface area contributed by atoms with Gasteiger partial charge in [0.25, 0.3) is 0 Å². The highest BCUT2D eigenvalue weighted by molar-refractivity contribution is 7.17. The average molecular weight is 249 g/mol. The Bertz CT molecular complexity index is 548. The molecule has 0 bridgehead atoms. The van der Waals surface area contributed by atoms with Crippen molar-refractivity contribution < 1.29 is 14.7 Å². The minimum absolute atomic E-state index is 0.123. The number of Topliss-reactive ketones (excluding diaryl/α,β-unsaturated/α-hetero) is 1. The smallest absolute Gasteiger partial charge is 0.356 e. The number of hydrogen-bond acceptors (Lipinski definition) is 6. The first-order valence-electron chi connectivity index (χ1n) is 4.61. The van der Waals surface area contributed by atoms with Gasteiger partial charge in [-0.05, 0) is 0 Å². The third-order valence-corrected chi connectivity index (χ3v) is 3.11. The molecule has 86 valence electrons. The number of aromatic carboxylic acids is 1. The van der Waals surface area contributed by atoms with Gasteiger partial charge < -0.3 is 5.11 Å². The van der Waals surface area contributed by atoms with Crippen LogP contribution in [0.4, 0.5) is 0 Å². The Labute approximate surface area is 100.0 Å². The molecule has 0 atom stereocenters. The number of nitrogens with zero attached hydrogens (tertiary/aromatic N) is 3. The van der Waals surface area contributed by atoms with E-state index in [1.807, 2.05) is 0 Å². The lowest BCUT2D eigenvalue weighted by Gasteiger charge is -1.90. The molecule has 6 nitrogen and oxygen atoms in total. The van der Waals surface area contributed by atoms with Crippen LogP contribution in [-0.4, -0.2) is 31.8 Å². The van der Waals surface area contributed by atoms with E-state index in [9.17, 15) is 9.59 Å². The lowest BCUT2D eigenvalue weighted by Crippen LogP contribution is -2.03. The fourth-order valence-corrected chi connectivity index (χ4v) is 2.14. The minimum atomic E-state index is -1.22. The molecule has 0 aliphatic carbocycles. The zero-order valence-corrected chi connectivity index (χ0v) is 9.56. The van der Waals surface area contributed by atoms with E-state index in [-0.39, 0.29) is 16.4 Å². The van der Waals surface area contributed by atoms with Crippen molar-refractivity contribution in [2.45, 2.75) is 6.92 Å². The van der Waals surface area contributed by atoms with Gasteiger partial charge in [0, 0.05) is 19.3 Å². The number of thiazole rings is 1. The van der Waals surface area contributed by atoms with Crippen molar-refractivity contribution in [3.8, 4) is 10.7 Å². The van der Waals surface area contributed by atoms with Crippen molar-refractivity contribution in [3.05, 3.63) is 29.2 Å². The molecule has 17 heavy (non-hydrogen) atoms. The summed E-state index contributed by atoms with van der Waals surface area (Å²) < 4.78 is 0. The molecule has 2 heterocycles. The van der Waals surface area contributed by atoms with Crippen molar-refractivity contribution >= 4 is 23.1 Å². The molecule has 0 amide bonds. The molecule has 7 heteroatoms. The third kappa shape index (κ3) is 2.18. The fourth-order valence-electron chi connectivity index (χ4n) is 1.22. The molecule has 0 saturated heterocycles. The quantitative estimate of drug-likeness (QED) is 0.828. The van der Waals surface area contributed by atoms with Crippen molar-refractivity contribution in [2.24, 2.45) is 0 Å². The minimum Gasteiger partial charge on any atom is -0.476 e. The first kappa shape index (κ1) is 11.3. The molecule has 2 aromatic heterocycles. The molecule has 0 fully saturated rings. The summed E-state index contributed by atoms with van der Waals surface area (Å²) in [5.41, 5.74) is 0.218. The topological polar surface area (TPSA) is 93.0 Å². The van der Waals surface area contributed by atoms with Gasteiger partial charge in [0.15, 0.2) is 11.5 Å². The third-order valence-electron chi connectivity index (χ3n) is 1.93. The van der Waals surface area contributed by atoms with Gasteiger partial charge in [-0.25, -0.2) is 9.78 Å². The second-order valence-corrected chi connectivity index (χ2v) is 4.15. The zero-order chi connectivity index (χ0) is 12.4. The Morgan fingerprint density at radius 2 is 2.12 bits per heavy atom. The van der Waals surface area contributed by atoms with E-state index in [1.54, 1.807) is 0 Å². The maximum absolute atomic E-state index is 11.3. The number of ketones is 1. The van der Waals surface area contributed by atoms with Crippen molar-refractivity contribution in [2.75, 3.05) is 0 Å². The summed E-state index contributed by atoms with van der Waals surface area (Å²) in [6.07, 6.45) is 4.44. The summed E-state index contributed by atoms with van der Waals surface area (Å²) in [6.45, 7) is 1.31. The zero-order valence-electron chi connectivity index (χ0n) is 8.75. The maximum Gasteiger partial charge on any atom is 0.356 e. The molecule has 0 aliphatic rings. The molecule has 1 N–H and O–H groups in total. The van der Waals surface area contributed by atoms with Gasteiger partial charge in [-0.1, -0.05) is 0 Å². The van der Waals surface area contributed by atoms with E-state index < -0.39 is 5.97 Å². The van der Waals surface area contributed by atoms with Crippen LogP contribution in [0.3, 0.4) is 0 Å². The van der Waals surface area contributed by atoms with Gasteiger partial charge >= 0.3 is 5.97 Å². The van der Waals surface area contributed by atoms with Crippen LogP contribution >= 0.6 is 11.3 Å². The van der Waals surface area contributed by atoms with E-state index in [4.69, 9.17) is 5.11 Å². The lowest BCUT2D eigenvalue weighted by molar-refractivity contribution is 0.0687. The Hall–Kier alpha value is -2.15. The SMILES string of the molecule is CC(=O)c1sc(-c2cnccn2)nc1C(=O)O. The molecule has 0 radical (unpaired) electrons. The number of carboxylic acids is 1. The Morgan fingerprint density at radius 1 is 1.35 bits per heavy atom. The van der Waals surface area contributed by atoms with E-state index in [2.05, 4.69) is 15.0 Å². The maximum atomic E-state index is 11.3. The van der Waals surface area contributed by atoms with Gasteiger partial charge in [-0.3, -0.25) is 14.8 Å². The molecular weight excluding hydrogens is 242 g/mol. The van der Waals surface area contributed by atoms with Crippen LogP contribution in [-0.2, 0) is 0 Å². The predicted molar refractivity (Wildman–Crippen MR) is 60.1 cm³/mol. The molecular formula is C10H7N3O3S. The molecule has 0 spiro atoms. The van der Waals surface area contributed by atoms with Crippen molar-refractivity contribution in [1.29, 1.82) is 0 Å². The summed E-state index contributed by atoms with van der Waals surface area (Å²) in [7, 11) is 0. The number of rotatable bonds is 3. The van der Waals surface area contributed by atoms with Crippen LogP contribution in [0.5, 0.6) is 0 Å². The number of hydrogen-bond donors (Lipinski definition) is 1. The highest BCUT2D eigenvalue weighted by Gasteiger charge is 2.21. The highest BCUT2D eigenvalue weighted by Crippen LogP contribution is 2.26. The normalized spacial score (nSPS) is 10.2. The van der Waals surface area contributed by atoms with E-state index in [0.717, 1.165) is 11.3 Å². The molecule has 0 aliphatic heterocycles. The van der Waals surface area contributed by atoms with Gasteiger partial charge in [-0.15, -0.1) is 11.3 Å². The number of carbonyl (C=O) groups is 2. The highest BCUT2D eigenvalue weighted by atomic mass is 32.1. The van der Waals surface area contributed by atoms with Crippen LogP contribution in [0.2, 0.25) is 0 Å². The number of aromatic nitrogens is 3. The fraction of sp³-hybridized carbons (Fsp3) is 0.100. The monoisotopic (exact) mass is 249 g/mol. The summed E-state index contributed by atoms with van der Waals surface area (Å²) in [6, 6.07) is 0. The van der Waals surface area contributed by atoms with Crippen LogP contribution in [0, 0.1) is 0 Å². The summed E-state index contributed by atoms with van der Waals surface area (Å²) in [5, 5.41) is 9.31. The van der Waals surface area contributed by atoms with Crippen LogP contribution in [0.15, 0.2) is 18.6 Å². The van der Waals surface area contributed by atoms with Crippen LogP contribution < -0.4 is 0 Å². The van der Waals surface area contributed by atoms with Gasteiger partial charge in [0.05, 0.1) is 6.20 Å². The largest absolute Gasteiger partial charge is 0.476 e. The summed E-state index contributed by atoms with van der Waals surface area (Å²) in [5.74, 6) is -1.54. The van der Waals surface area contributed by atoms with E-state index in [0.29, 0.717) is 10.7 Å². The first-order valence-corrected chi connectivity index (χ1v) is 5.42. The molecule has 0 aromatic carbocycles. The second kappa shape index (κ2) is 4.38. The Balaban J connectivity index is 2.55. The van der Waals surface area contributed by atoms with Crippen molar-refractivity contribution in [1.82, 2.24) is 15.0 Å². The molecule has 0 saturated carbocycles. The second-order valence-electron chi connectivity index (χ2n) is 3.15. The Morgan fingerprint density at radius 3 is 2.59 bits per heavy atom. The number of carbonyl (C=O) groups excluding carboxylic acids is 1.